The molecule has 0 spiro atoms. The molecule has 502 valence electrons. The Labute approximate surface area is 516 Å². The van der Waals surface area contributed by atoms with Gasteiger partial charge in [-0.25, -0.2) is 0 Å². The first-order valence-corrected chi connectivity index (χ1v) is 31.1. The molecule has 0 unspecified atom stereocenters. The first-order valence-electron chi connectivity index (χ1n) is 26.4. The van der Waals surface area contributed by atoms with Gasteiger partial charge in [0, 0.05) is 27.0 Å². The summed E-state index contributed by atoms with van der Waals surface area (Å²) in [5.74, 6) is 0. The fourth-order valence-corrected chi connectivity index (χ4v) is 18.4. The normalized spacial score (nSPS) is 13.6. The van der Waals surface area contributed by atoms with Gasteiger partial charge in [-0.15, -0.1) is 0 Å². The van der Waals surface area contributed by atoms with E-state index >= 15 is 0 Å². The first kappa shape index (κ1) is 79.2. The molecule has 0 amide bonds. The number of rotatable bonds is 8. The summed E-state index contributed by atoms with van der Waals surface area (Å²) in [7, 11) is -2.92. The Kier molecular flexibility index (Phi) is 24.5. The topological polar surface area (TPSA) is 30.0 Å². The standard InChI is InChI=1S/C32H12BF24.C20H36OP2.C7H9N.CH3.Pd/c34-25(35,36)13-1-14(26(37,38)39)6-21(5-13)33(22-7-15(27(40,41)42)2-16(8-22)28(43,44)45,23-9-17(29(46,47)48)3-18(10-23)30(49,50)51)24-11-19(31(52,53)54)4-20(12-24)32(55,56)57;1-15(2)22(16(3)4)17-13-11-12-14-18(17)23(21,19(5,6)7)20(8,9)10;1-6-4-3-5-7(2)8-6;;/h1-12H;11-16H,1-10H3;3-5H,1-2H3;1H3;/q-1;;;;+1. The molecule has 90 heavy (non-hydrogen) atoms. The minimum absolute atomic E-state index is 0.240. The van der Waals surface area contributed by atoms with Crippen LogP contribution >= 0.6 is 15.1 Å². The van der Waals surface area contributed by atoms with Gasteiger partial charge in [-0.05, 0) is 66.9 Å². The van der Waals surface area contributed by atoms with Crippen LogP contribution in [-0.4, -0.2) is 32.8 Å². The summed E-state index contributed by atoms with van der Waals surface area (Å²) in [5, 5.41) is 3.87. The maximum atomic E-state index is 14.4. The molecule has 0 saturated carbocycles. The zero-order valence-corrected chi connectivity index (χ0v) is 53.2. The van der Waals surface area contributed by atoms with E-state index in [9.17, 15) is 110 Å². The molecule has 1 heterocycles. The van der Waals surface area contributed by atoms with Gasteiger partial charge in [0.25, 0.3) is 0 Å². The molecule has 0 radical (unpaired) electrons. The third-order valence-electron chi connectivity index (χ3n) is 14.0. The molecule has 0 fully saturated rings. The number of hydrogen-bond acceptors (Lipinski definition) is 2. The molecule has 0 saturated heterocycles. The van der Waals surface area contributed by atoms with Crippen LogP contribution in [0.1, 0.15) is 125 Å². The van der Waals surface area contributed by atoms with Crippen molar-refractivity contribution >= 4 is 53.7 Å². The molecule has 6 rings (SSSR count). The van der Waals surface area contributed by atoms with Crippen LogP contribution in [0.15, 0.2) is 115 Å². The molecule has 0 aliphatic carbocycles. The monoisotopic (exact) mass is 1450 g/mol. The Bertz CT molecular complexity index is 2990. The SMILES string of the molecule is CC(C)P(c1ccccc1P(=O)(C(C)(C)C)C(C)(C)C)C(C)C.Cc1cccc(C)n1.FC(F)(F)c1cc([B-](c2cc(C(F)(F)F)cc(C(F)(F)F)c2)(c2cc(C(F)(F)F)cc(C(F)(F)F)c2)c2cc(C(F)(F)F)cc(C(F)(F)F)c2)cc(C(F)(F)F)c1.[CH3][Pd+]. The van der Waals surface area contributed by atoms with Crippen LogP contribution in [0.5, 0.6) is 0 Å². The summed E-state index contributed by atoms with van der Waals surface area (Å²) in [6.07, 6.45) is -54.8. The summed E-state index contributed by atoms with van der Waals surface area (Å²) in [6, 6.07) is 5.76. The second-order valence-corrected chi connectivity index (χ2v) is 30.9. The summed E-state index contributed by atoms with van der Waals surface area (Å²) in [4.78, 5) is 4.17. The van der Waals surface area contributed by atoms with E-state index in [1.165, 1.54) is 5.30 Å². The van der Waals surface area contributed by atoms with E-state index in [0.717, 1.165) is 16.7 Å². The zero-order valence-electron chi connectivity index (χ0n) is 49.8. The second kappa shape index (κ2) is 27.9. The summed E-state index contributed by atoms with van der Waals surface area (Å²) in [6.45, 7) is 26.1. The van der Waals surface area contributed by atoms with Crippen LogP contribution in [0, 0.1) is 13.8 Å². The van der Waals surface area contributed by atoms with Crippen molar-refractivity contribution < 1.29 is 129 Å². The van der Waals surface area contributed by atoms with Crippen molar-refractivity contribution in [1.82, 2.24) is 4.98 Å². The van der Waals surface area contributed by atoms with E-state index in [4.69, 9.17) is 0 Å². The van der Waals surface area contributed by atoms with Gasteiger partial charge in [0.05, 0.1) is 44.5 Å². The zero-order chi connectivity index (χ0) is 70.1. The van der Waals surface area contributed by atoms with Gasteiger partial charge in [-0.3, -0.25) is 4.98 Å². The molecular formula is C60H60BF24NOP2Pd. The summed E-state index contributed by atoms with van der Waals surface area (Å²) >= 11 is 2.75. The number of halogens is 24. The number of aryl methyl sites for hydroxylation is 2. The van der Waals surface area contributed by atoms with Crippen molar-refractivity contribution in [2.75, 3.05) is 0 Å². The Balaban J connectivity index is 0.000000522. The van der Waals surface area contributed by atoms with Crippen molar-refractivity contribution in [1.29, 1.82) is 0 Å². The fraction of sp³-hybridized carbons (Fsp3) is 0.417. The molecule has 2 nitrogen and oxygen atoms in total. The molecule has 0 atom stereocenters. The van der Waals surface area contributed by atoms with Gasteiger partial charge in [0.2, 0.25) is 0 Å². The first-order chi connectivity index (χ1) is 40.3. The van der Waals surface area contributed by atoms with Crippen molar-refractivity contribution in [3.05, 3.63) is 171 Å². The van der Waals surface area contributed by atoms with Crippen molar-refractivity contribution in [3.63, 3.8) is 0 Å². The Hall–Kier alpha value is -5.04. The molecule has 0 N–H and O–H groups in total. The van der Waals surface area contributed by atoms with Crippen molar-refractivity contribution in [2.24, 2.45) is 0 Å². The number of benzene rings is 5. The predicted molar refractivity (Wildman–Crippen MR) is 300 cm³/mol. The number of alkyl halides is 24. The summed E-state index contributed by atoms with van der Waals surface area (Å²) in [5.41, 5.74) is -26.8. The average molecular weight is 1450 g/mol. The van der Waals surface area contributed by atoms with E-state index in [1.54, 1.807) is 0 Å². The van der Waals surface area contributed by atoms with Gasteiger partial charge in [-0.1, -0.05) is 156 Å². The molecule has 30 heteroatoms. The molecule has 0 bridgehead atoms. The van der Waals surface area contributed by atoms with Gasteiger partial charge in [-0.2, -0.15) is 127 Å². The minimum atomic E-state index is -6.13. The number of pyridine rings is 1. The maximum absolute atomic E-state index is 14.4. The van der Waals surface area contributed by atoms with Crippen LogP contribution in [0.2, 0.25) is 5.40 Å². The van der Waals surface area contributed by atoms with Crippen LogP contribution < -0.4 is 32.5 Å². The second-order valence-electron chi connectivity index (χ2n) is 23.2. The fourth-order valence-electron chi connectivity index (χ4n) is 10.6. The average Bonchev–Trinajstić information content (AvgIpc) is 0.718. The Morgan fingerprint density at radius 3 is 0.744 bits per heavy atom. The van der Waals surface area contributed by atoms with E-state index in [-0.39, 0.29) is 18.2 Å². The van der Waals surface area contributed by atoms with Gasteiger partial charge < -0.3 is 4.57 Å². The number of aromatic nitrogens is 1. The molecule has 0 aliphatic heterocycles. The van der Waals surface area contributed by atoms with Crippen LogP contribution in [-0.2, 0) is 73.2 Å². The quantitative estimate of drug-likeness (QED) is 0.0864. The Morgan fingerprint density at radius 1 is 0.367 bits per heavy atom. The van der Waals surface area contributed by atoms with Crippen LogP contribution in [0.3, 0.4) is 0 Å². The molecular weight excluding hydrogens is 1390 g/mol. The van der Waals surface area contributed by atoms with E-state index in [0.29, 0.717) is 11.3 Å². The van der Waals surface area contributed by atoms with Crippen LogP contribution in [0.25, 0.3) is 0 Å². The van der Waals surface area contributed by atoms with Gasteiger partial charge in [0.15, 0.2) is 0 Å². The molecule has 1 aromatic heterocycles. The number of nitrogens with zero attached hydrogens (tertiary/aromatic N) is 1. The number of hydrogen-bond donors (Lipinski definition) is 0. The van der Waals surface area contributed by atoms with E-state index in [2.05, 4.69) is 118 Å². The van der Waals surface area contributed by atoms with Gasteiger partial charge >= 0.3 is 74.0 Å². The van der Waals surface area contributed by atoms with Crippen molar-refractivity contribution in [3.8, 4) is 0 Å². The van der Waals surface area contributed by atoms with E-state index in [1.807, 2.05) is 37.4 Å². The van der Waals surface area contributed by atoms with E-state index < -0.39 is 202 Å². The predicted octanol–water partition coefficient (Wildman–Crippen LogP) is 19.7. The Morgan fingerprint density at radius 2 is 0.578 bits per heavy atom. The molecule has 0 aliphatic rings. The summed E-state index contributed by atoms with van der Waals surface area (Å²) < 4.78 is 355. The molecule has 5 aromatic carbocycles. The van der Waals surface area contributed by atoms with Crippen LogP contribution in [0.4, 0.5) is 105 Å². The van der Waals surface area contributed by atoms with Gasteiger partial charge in [0.1, 0.15) is 13.3 Å². The third-order valence-corrected chi connectivity index (χ3v) is 22.2. The van der Waals surface area contributed by atoms with Crippen molar-refractivity contribution in [2.45, 2.75) is 160 Å². The molecule has 6 aromatic rings. The third kappa shape index (κ3) is 18.8.